The van der Waals surface area contributed by atoms with E-state index in [1.165, 1.54) is 35.9 Å². The topological polar surface area (TPSA) is 154 Å². The number of pyridine rings is 1. The third-order valence-corrected chi connectivity index (χ3v) is 4.45. The summed E-state index contributed by atoms with van der Waals surface area (Å²) in [5, 5.41) is 28.6. The van der Waals surface area contributed by atoms with Gasteiger partial charge >= 0.3 is 0 Å². The summed E-state index contributed by atoms with van der Waals surface area (Å²) in [6, 6.07) is 16.7. The van der Waals surface area contributed by atoms with E-state index in [2.05, 4.69) is 10.2 Å². The van der Waals surface area contributed by atoms with Gasteiger partial charge in [0.05, 0.1) is 24.3 Å². The number of methoxy groups -OCH3 is 1. The van der Waals surface area contributed by atoms with Crippen LogP contribution in [0.5, 0.6) is 5.88 Å². The largest absolute Gasteiger partial charge is 0.480 e. The number of non-ortho nitro benzene ring substituents is 1. The van der Waals surface area contributed by atoms with Crippen LogP contribution >= 0.6 is 0 Å². The maximum atomic E-state index is 12.9. The predicted octanol–water partition coefficient (Wildman–Crippen LogP) is 3.58. The Balaban J connectivity index is 0.00000256. The molecule has 10 nitrogen and oxygen atoms in total. The van der Waals surface area contributed by atoms with E-state index in [0.29, 0.717) is 11.3 Å². The molecule has 0 bridgehead atoms. The fourth-order valence-corrected chi connectivity index (χ4v) is 2.91. The first-order valence-corrected chi connectivity index (χ1v) is 8.88. The van der Waals surface area contributed by atoms with Crippen LogP contribution < -0.4 is 10.3 Å². The van der Waals surface area contributed by atoms with Crippen molar-refractivity contribution in [3.05, 3.63) is 91.8 Å². The van der Waals surface area contributed by atoms with Crippen LogP contribution in [-0.4, -0.2) is 22.1 Å². The van der Waals surface area contributed by atoms with Crippen LogP contribution in [0.4, 0.5) is 17.1 Å². The van der Waals surface area contributed by atoms with Gasteiger partial charge in [-0.05, 0) is 24.6 Å². The zero-order valence-electron chi connectivity index (χ0n) is 17.1. The minimum absolute atomic E-state index is 0. The molecule has 0 aliphatic rings. The fraction of sp³-hybridized carbons (Fsp3) is 0.143. The van der Waals surface area contributed by atoms with E-state index >= 15 is 0 Å². The molecule has 1 radical (unpaired) electrons. The minimum atomic E-state index is -0.507. The molecular formula is C21H19CuN5O5. The molecule has 0 aliphatic carbocycles. The van der Waals surface area contributed by atoms with E-state index in [0.717, 1.165) is 5.56 Å². The molecule has 3 aromatic rings. The number of nitrogens with zero attached hydrogens (tertiary/aromatic N) is 5. The summed E-state index contributed by atoms with van der Waals surface area (Å²) >= 11 is 0. The quantitative estimate of drug-likeness (QED) is 0.226. The van der Waals surface area contributed by atoms with Crippen molar-refractivity contribution in [2.45, 2.75) is 13.5 Å². The zero-order chi connectivity index (χ0) is 21.7. The van der Waals surface area contributed by atoms with Gasteiger partial charge < -0.3 is 10.2 Å². The molecular weight excluding hydrogens is 466 g/mol. The Bertz CT molecular complexity index is 1220. The fourth-order valence-electron chi connectivity index (χ4n) is 2.91. The van der Waals surface area contributed by atoms with E-state index < -0.39 is 10.5 Å². The van der Waals surface area contributed by atoms with Crippen LogP contribution in [0.3, 0.4) is 0 Å². The Kier molecular flexibility index (Phi) is 9.43. The number of benzene rings is 2. The van der Waals surface area contributed by atoms with E-state index in [-0.39, 0.29) is 51.9 Å². The Morgan fingerprint density at radius 2 is 1.75 bits per heavy atom. The van der Waals surface area contributed by atoms with Gasteiger partial charge in [-0.3, -0.25) is 19.5 Å². The van der Waals surface area contributed by atoms with Gasteiger partial charge in [0.15, 0.2) is 5.69 Å². The minimum Gasteiger partial charge on any atom is -0.480 e. The van der Waals surface area contributed by atoms with E-state index in [4.69, 9.17) is 4.74 Å². The molecule has 2 N–H and O–H groups in total. The van der Waals surface area contributed by atoms with Crippen molar-refractivity contribution >= 4 is 17.1 Å². The summed E-state index contributed by atoms with van der Waals surface area (Å²) in [5.41, 5.74) is 1.21. The molecule has 0 atom stereocenters. The molecule has 0 saturated carbocycles. The summed E-state index contributed by atoms with van der Waals surface area (Å²) in [6.45, 7) is 1.79. The van der Waals surface area contributed by atoms with Crippen LogP contribution in [0.15, 0.2) is 69.6 Å². The number of hydrogen-bond acceptors (Lipinski definition) is 7. The molecule has 32 heavy (non-hydrogen) atoms. The summed E-state index contributed by atoms with van der Waals surface area (Å²) in [5.74, 6) is 0.172. The molecule has 0 spiro atoms. The number of nitro benzene ring substituents is 1. The maximum Gasteiger partial charge on any atom is 0.271 e. The van der Waals surface area contributed by atoms with Crippen LogP contribution in [-0.2, 0) is 23.6 Å². The van der Waals surface area contributed by atoms with Crippen molar-refractivity contribution in [2.75, 3.05) is 7.11 Å². The normalized spacial score (nSPS) is 10.0. The molecule has 0 saturated heterocycles. The molecule has 0 unspecified atom stereocenters. The van der Waals surface area contributed by atoms with Gasteiger partial charge in [0, 0.05) is 34.8 Å². The van der Waals surface area contributed by atoms with Crippen molar-refractivity contribution in [3.63, 3.8) is 0 Å². The van der Waals surface area contributed by atoms with Crippen molar-refractivity contribution in [1.82, 2.24) is 4.57 Å². The van der Waals surface area contributed by atoms with Crippen LogP contribution in [0.1, 0.15) is 16.7 Å². The standard InChI is InChI=1S/C21H17N5O4.Cu.H2O/c1-14-18(12-22)20(27)25(13-15-6-4-3-5-7-15)21(30-2)19(14)24-23-16-8-10-17(11-9-16)26(28)29;;/h3-11H,13H2,1-2H3;;1H2. The van der Waals surface area contributed by atoms with Crippen molar-refractivity contribution in [1.29, 1.82) is 5.26 Å². The van der Waals surface area contributed by atoms with Gasteiger partial charge in [0.25, 0.3) is 11.2 Å². The smallest absolute Gasteiger partial charge is 0.271 e. The Labute approximate surface area is 193 Å². The first-order chi connectivity index (χ1) is 14.5. The monoisotopic (exact) mass is 484 g/mol. The van der Waals surface area contributed by atoms with Crippen LogP contribution in [0.25, 0.3) is 0 Å². The predicted molar refractivity (Wildman–Crippen MR) is 113 cm³/mol. The molecule has 0 aliphatic heterocycles. The third-order valence-electron chi connectivity index (χ3n) is 4.45. The summed E-state index contributed by atoms with van der Waals surface area (Å²) < 4.78 is 6.80. The summed E-state index contributed by atoms with van der Waals surface area (Å²) in [4.78, 5) is 23.1. The Morgan fingerprint density at radius 1 is 1.12 bits per heavy atom. The molecule has 11 heteroatoms. The van der Waals surface area contributed by atoms with Gasteiger partial charge in [0.2, 0.25) is 5.88 Å². The molecule has 2 aromatic carbocycles. The van der Waals surface area contributed by atoms with Crippen LogP contribution in [0, 0.1) is 28.4 Å². The van der Waals surface area contributed by atoms with Gasteiger partial charge in [-0.25, -0.2) is 0 Å². The van der Waals surface area contributed by atoms with Gasteiger partial charge in [-0.15, -0.1) is 5.11 Å². The number of nitriles is 1. The number of nitro groups is 1. The second-order valence-corrected chi connectivity index (χ2v) is 6.32. The van der Waals surface area contributed by atoms with Crippen LogP contribution in [0.2, 0.25) is 0 Å². The Morgan fingerprint density at radius 3 is 2.28 bits per heavy atom. The molecule has 1 heterocycles. The first-order valence-electron chi connectivity index (χ1n) is 8.88. The molecule has 3 rings (SSSR count). The average Bonchev–Trinajstić information content (AvgIpc) is 2.76. The number of aromatic nitrogens is 1. The van der Waals surface area contributed by atoms with Crippen molar-refractivity contribution in [2.24, 2.45) is 10.2 Å². The second-order valence-electron chi connectivity index (χ2n) is 6.32. The number of azo groups is 1. The molecule has 169 valence electrons. The molecule has 0 fully saturated rings. The van der Waals surface area contributed by atoms with E-state index in [1.54, 1.807) is 6.92 Å². The van der Waals surface area contributed by atoms with E-state index in [1.807, 2.05) is 36.4 Å². The van der Waals surface area contributed by atoms with Gasteiger partial charge in [0.1, 0.15) is 11.6 Å². The maximum absolute atomic E-state index is 12.9. The number of rotatable bonds is 6. The number of ether oxygens (including phenoxy) is 1. The summed E-state index contributed by atoms with van der Waals surface area (Å²) in [6.07, 6.45) is 0. The second kappa shape index (κ2) is 11.5. The Hall–Kier alpha value is -3.84. The zero-order valence-corrected chi connectivity index (χ0v) is 18.0. The van der Waals surface area contributed by atoms with Gasteiger partial charge in [-0.1, -0.05) is 30.3 Å². The molecule has 0 amide bonds. The SMILES string of the molecule is COc1c(N=Nc2ccc([N+](=O)[O-])cc2)c(C)c(C#N)c(=O)n1Cc1ccccc1.O.[Cu]. The molecule has 1 aromatic heterocycles. The average molecular weight is 485 g/mol. The van der Waals surface area contributed by atoms with Crippen molar-refractivity contribution < 1.29 is 32.2 Å². The summed E-state index contributed by atoms with van der Waals surface area (Å²) in [7, 11) is 1.41. The van der Waals surface area contributed by atoms with Gasteiger partial charge in [-0.2, -0.15) is 10.4 Å². The third kappa shape index (κ3) is 5.44. The first kappa shape index (κ1) is 26.2. The van der Waals surface area contributed by atoms with E-state index in [9.17, 15) is 20.2 Å². The van der Waals surface area contributed by atoms with Crippen molar-refractivity contribution in [3.8, 4) is 11.9 Å². The number of hydrogen-bond donors (Lipinski definition) is 0.